The summed E-state index contributed by atoms with van der Waals surface area (Å²) in [5.74, 6) is -1.89. The Labute approximate surface area is 160 Å². The fourth-order valence-electron chi connectivity index (χ4n) is 4.06. The Hall–Kier alpha value is -2.65. The van der Waals surface area contributed by atoms with Gasteiger partial charge < -0.3 is 19.7 Å². The molecule has 3 aliphatic rings. The van der Waals surface area contributed by atoms with Gasteiger partial charge in [0, 0.05) is 25.1 Å². The fraction of sp³-hybridized carbons (Fsp3) is 0.421. The van der Waals surface area contributed by atoms with E-state index in [4.69, 9.17) is 4.74 Å². The van der Waals surface area contributed by atoms with E-state index >= 15 is 0 Å². The maximum atomic E-state index is 13.4. The number of carbonyl (C=O) groups is 1. The molecule has 0 saturated carbocycles. The summed E-state index contributed by atoms with van der Waals surface area (Å²) in [5.41, 5.74) is 2.92. The van der Waals surface area contributed by atoms with Crippen molar-refractivity contribution in [1.82, 2.24) is 14.8 Å². The van der Waals surface area contributed by atoms with Crippen LogP contribution in [-0.4, -0.2) is 58.6 Å². The molecule has 4 heterocycles. The third kappa shape index (κ3) is 2.65. The van der Waals surface area contributed by atoms with Gasteiger partial charge in [-0.05, 0) is 36.9 Å². The van der Waals surface area contributed by atoms with Crippen molar-refractivity contribution >= 4 is 17.4 Å². The second kappa shape index (κ2) is 5.92. The molecule has 1 fully saturated rings. The third-order valence-corrected chi connectivity index (χ3v) is 5.61. The van der Waals surface area contributed by atoms with E-state index in [-0.39, 0.29) is 19.7 Å². The van der Waals surface area contributed by atoms with E-state index in [1.165, 1.54) is 4.90 Å². The van der Waals surface area contributed by atoms with Gasteiger partial charge in [0.25, 0.3) is 11.8 Å². The van der Waals surface area contributed by atoms with Gasteiger partial charge in [0.1, 0.15) is 17.8 Å². The zero-order valence-electron chi connectivity index (χ0n) is 15.3. The Balaban J connectivity index is 1.38. The van der Waals surface area contributed by atoms with Crippen LogP contribution in [0.4, 0.5) is 20.3 Å². The highest BCUT2D eigenvalue weighted by Gasteiger charge is 2.40. The van der Waals surface area contributed by atoms with Gasteiger partial charge in [0.05, 0.1) is 17.9 Å². The van der Waals surface area contributed by atoms with Crippen molar-refractivity contribution in [3.63, 3.8) is 0 Å². The number of nitrogens with one attached hydrogen (secondary N) is 1. The number of carbonyl (C=O) groups excluding carboxylic acids is 1. The van der Waals surface area contributed by atoms with E-state index in [1.54, 1.807) is 18.2 Å². The summed E-state index contributed by atoms with van der Waals surface area (Å²) in [5, 5.41) is 10.2. The maximum absolute atomic E-state index is 13.4. The van der Waals surface area contributed by atoms with E-state index in [9.17, 15) is 18.7 Å². The second-order valence-corrected chi connectivity index (χ2v) is 7.60. The van der Waals surface area contributed by atoms with E-state index in [0.717, 1.165) is 22.8 Å². The zero-order chi connectivity index (χ0) is 19.6. The van der Waals surface area contributed by atoms with Crippen LogP contribution in [0.5, 0.6) is 5.75 Å². The van der Waals surface area contributed by atoms with Gasteiger partial charge in [-0.15, -0.1) is 0 Å². The Bertz CT molecular complexity index is 961. The van der Waals surface area contributed by atoms with Gasteiger partial charge in [0.15, 0.2) is 6.73 Å². The molecular formula is C19H20F2N4O3. The number of aliphatic hydroxyl groups excluding tert-OH is 1. The predicted octanol–water partition coefficient (Wildman–Crippen LogP) is 2.42. The zero-order valence-corrected chi connectivity index (χ0v) is 15.3. The summed E-state index contributed by atoms with van der Waals surface area (Å²) in [6, 6.07) is 6.98. The number of aromatic amines is 1. The topological polar surface area (TPSA) is 72.0 Å². The molecule has 1 aromatic heterocycles. The molecule has 0 radical (unpaired) electrons. The molecule has 2 N–H and O–H groups in total. The van der Waals surface area contributed by atoms with Crippen molar-refractivity contribution in [2.45, 2.75) is 25.1 Å². The smallest absolute Gasteiger partial charge is 0.267 e. The number of aromatic nitrogens is 1. The number of hydrogen-bond acceptors (Lipinski definition) is 5. The number of rotatable bonds is 2. The van der Waals surface area contributed by atoms with Crippen molar-refractivity contribution < 1.29 is 23.4 Å². The quantitative estimate of drug-likeness (QED) is 0.824. The standard InChI is InChI=1S/C19H20F2N4O3/c1-23-8-12-7-15(22-16(12)18(23)27)25-10-28-14-6-11(2-3-13(14)25)17(26)24-5-4-19(20,21)9-24/h2-3,6-7,18,22,27H,4-5,8-10H2,1H3. The minimum Gasteiger partial charge on any atom is -0.470 e. The monoisotopic (exact) mass is 390 g/mol. The van der Waals surface area contributed by atoms with Crippen molar-refractivity contribution in [3.8, 4) is 5.75 Å². The summed E-state index contributed by atoms with van der Waals surface area (Å²) < 4.78 is 32.5. The largest absolute Gasteiger partial charge is 0.470 e. The first kappa shape index (κ1) is 17.4. The second-order valence-electron chi connectivity index (χ2n) is 7.60. The van der Waals surface area contributed by atoms with E-state index in [2.05, 4.69) is 4.98 Å². The lowest BCUT2D eigenvalue weighted by molar-refractivity contribution is 0.0120. The number of H-pyrrole nitrogens is 1. The lowest BCUT2D eigenvalue weighted by atomic mass is 10.1. The molecule has 0 aliphatic carbocycles. The van der Waals surface area contributed by atoms with Gasteiger partial charge in [-0.3, -0.25) is 14.6 Å². The van der Waals surface area contributed by atoms with Crippen LogP contribution in [0.1, 0.15) is 34.3 Å². The van der Waals surface area contributed by atoms with Crippen molar-refractivity contribution in [2.24, 2.45) is 0 Å². The molecule has 148 valence electrons. The van der Waals surface area contributed by atoms with Crippen LogP contribution in [0, 0.1) is 0 Å². The highest BCUT2D eigenvalue weighted by molar-refractivity contribution is 5.96. The molecule has 1 atom stereocenters. The van der Waals surface area contributed by atoms with Gasteiger partial charge in [0.2, 0.25) is 0 Å². The SMILES string of the molecule is CN1Cc2cc(N3COc4cc(C(=O)N5CCC(F)(F)C5)ccc43)[nH]c2C1O. The van der Waals surface area contributed by atoms with Gasteiger partial charge >= 0.3 is 0 Å². The first-order chi connectivity index (χ1) is 13.3. The van der Waals surface area contributed by atoms with Gasteiger partial charge in [-0.2, -0.15) is 0 Å². The number of halogens is 2. The number of anilines is 2. The lowest BCUT2D eigenvalue weighted by Gasteiger charge is -2.18. The molecule has 1 saturated heterocycles. The summed E-state index contributed by atoms with van der Waals surface area (Å²) in [6.45, 7) is 0.434. The van der Waals surface area contributed by atoms with Crippen LogP contribution in [0.15, 0.2) is 24.3 Å². The van der Waals surface area contributed by atoms with Crippen molar-refractivity contribution in [1.29, 1.82) is 0 Å². The summed E-state index contributed by atoms with van der Waals surface area (Å²) in [4.78, 5) is 20.7. The molecule has 1 amide bonds. The van der Waals surface area contributed by atoms with Crippen LogP contribution < -0.4 is 9.64 Å². The van der Waals surface area contributed by atoms with Gasteiger partial charge in [-0.1, -0.05) is 0 Å². The Morgan fingerprint density at radius 1 is 1.36 bits per heavy atom. The van der Waals surface area contributed by atoms with Crippen LogP contribution in [-0.2, 0) is 6.54 Å². The normalized spacial score (nSPS) is 23.1. The average Bonchev–Trinajstić information content (AvgIpc) is 3.39. The number of ether oxygens (including phenoxy) is 1. The molecule has 9 heteroatoms. The molecule has 3 aliphatic heterocycles. The third-order valence-electron chi connectivity index (χ3n) is 5.61. The molecule has 7 nitrogen and oxygen atoms in total. The number of nitrogens with zero attached hydrogens (tertiary/aromatic N) is 3. The number of amides is 1. The Morgan fingerprint density at radius 3 is 2.89 bits per heavy atom. The van der Waals surface area contributed by atoms with Crippen LogP contribution in [0.25, 0.3) is 0 Å². The number of aliphatic hydroxyl groups is 1. The highest BCUT2D eigenvalue weighted by Crippen LogP contribution is 2.42. The average molecular weight is 390 g/mol. The number of alkyl halides is 2. The number of benzene rings is 1. The summed E-state index contributed by atoms with van der Waals surface area (Å²) in [7, 11) is 1.85. The fourth-order valence-corrected chi connectivity index (χ4v) is 4.06. The van der Waals surface area contributed by atoms with Crippen molar-refractivity contribution in [2.75, 3.05) is 31.8 Å². The molecule has 2 aromatic rings. The van der Waals surface area contributed by atoms with E-state index in [0.29, 0.717) is 17.9 Å². The van der Waals surface area contributed by atoms with E-state index in [1.807, 2.05) is 22.9 Å². The summed E-state index contributed by atoms with van der Waals surface area (Å²) >= 11 is 0. The molecule has 1 aromatic carbocycles. The van der Waals surface area contributed by atoms with Crippen LogP contribution in [0.3, 0.4) is 0 Å². The minimum absolute atomic E-state index is 0.0563. The highest BCUT2D eigenvalue weighted by atomic mass is 19.3. The number of likely N-dealkylation sites (tertiary alicyclic amines) is 1. The minimum atomic E-state index is -2.81. The molecule has 5 rings (SSSR count). The lowest BCUT2D eigenvalue weighted by Crippen LogP contribution is -2.31. The Morgan fingerprint density at radius 2 is 2.18 bits per heavy atom. The first-order valence-corrected chi connectivity index (χ1v) is 9.14. The predicted molar refractivity (Wildman–Crippen MR) is 96.8 cm³/mol. The summed E-state index contributed by atoms with van der Waals surface area (Å²) in [6.07, 6.45) is -0.961. The van der Waals surface area contributed by atoms with Crippen molar-refractivity contribution in [3.05, 3.63) is 41.1 Å². The molecule has 28 heavy (non-hydrogen) atoms. The van der Waals surface area contributed by atoms with Crippen LogP contribution >= 0.6 is 0 Å². The van der Waals surface area contributed by atoms with Crippen LogP contribution in [0.2, 0.25) is 0 Å². The Kier molecular flexibility index (Phi) is 3.69. The number of hydrogen-bond donors (Lipinski definition) is 2. The molecular weight excluding hydrogens is 370 g/mol. The van der Waals surface area contributed by atoms with E-state index < -0.39 is 24.6 Å². The maximum Gasteiger partial charge on any atom is 0.267 e. The molecule has 0 spiro atoms. The first-order valence-electron chi connectivity index (χ1n) is 9.14. The van der Waals surface area contributed by atoms with Gasteiger partial charge in [-0.25, -0.2) is 8.78 Å². The molecule has 1 unspecified atom stereocenters. The number of fused-ring (bicyclic) bond motifs is 2. The molecule has 0 bridgehead atoms.